The number of nitrogens with zero attached hydrogens (tertiary/aromatic N) is 3. The maximum atomic E-state index is 12.8. The van der Waals surface area contributed by atoms with Crippen LogP contribution in [-0.4, -0.2) is 33.4 Å². The summed E-state index contributed by atoms with van der Waals surface area (Å²) in [4.78, 5) is 38.2. The molecule has 10 heteroatoms. The minimum absolute atomic E-state index is 0.0470. The predicted octanol–water partition coefficient (Wildman–Crippen LogP) is 5.56. The van der Waals surface area contributed by atoms with E-state index in [1.54, 1.807) is 6.92 Å². The van der Waals surface area contributed by atoms with E-state index < -0.39 is 11.9 Å². The predicted molar refractivity (Wildman–Crippen MR) is 128 cm³/mol. The average molecular weight is 491 g/mol. The van der Waals surface area contributed by atoms with Crippen LogP contribution in [0.15, 0.2) is 35.6 Å². The third-order valence-electron chi connectivity index (χ3n) is 4.31. The summed E-state index contributed by atoms with van der Waals surface area (Å²) in [7, 11) is 0. The van der Waals surface area contributed by atoms with Crippen molar-refractivity contribution in [3.05, 3.63) is 62.9 Å². The summed E-state index contributed by atoms with van der Waals surface area (Å²) in [6.07, 6.45) is 1.41. The summed E-state index contributed by atoms with van der Waals surface area (Å²) in [5.74, 6) is -0.0811. The van der Waals surface area contributed by atoms with E-state index in [0.29, 0.717) is 28.1 Å². The number of thiazole rings is 1. The number of thioether (sulfide) groups is 1. The first kappa shape index (κ1) is 24.2. The Morgan fingerprint density at radius 3 is 2.69 bits per heavy atom. The summed E-state index contributed by atoms with van der Waals surface area (Å²) < 4.78 is 5.25. The van der Waals surface area contributed by atoms with Crippen molar-refractivity contribution >= 4 is 51.7 Å². The normalized spacial score (nSPS) is 10.9. The number of halogens is 1. The van der Waals surface area contributed by atoms with Crippen LogP contribution < -0.4 is 5.32 Å². The smallest absolute Gasteiger partial charge is 0.350 e. The number of rotatable bonds is 8. The fourth-order valence-electron chi connectivity index (χ4n) is 2.60. The van der Waals surface area contributed by atoms with Crippen LogP contribution in [-0.2, 0) is 10.5 Å². The molecule has 0 aliphatic carbocycles. The third-order valence-corrected chi connectivity index (χ3v) is 6.55. The minimum Gasteiger partial charge on any atom is -0.461 e. The second-order valence-corrected chi connectivity index (χ2v) is 9.79. The van der Waals surface area contributed by atoms with Crippen molar-refractivity contribution in [1.82, 2.24) is 15.0 Å². The van der Waals surface area contributed by atoms with Gasteiger partial charge >= 0.3 is 5.97 Å². The maximum absolute atomic E-state index is 12.8. The number of aromatic nitrogens is 3. The molecule has 0 bridgehead atoms. The number of hydrogen-bond donors (Lipinski definition) is 1. The Morgan fingerprint density at radius 1 is 1.22 bits per heavy atom. The summed E-state index contributed by atoms with van der Waals surface area (Å²) in [5, 5.41) is 3.51. The largest absolute Gasteiger partial charge is 0.461 e. The minimum atomic E-state index is -0.522. The van der Waals surface area contributed by atoms with Crippen LogP contribution in [0.3, 0.4) is 0 Å². The number of benzene rings is 1. The molecule has 0 saturated carbocycles. The number of anilines is 1. The van der Waals surface area contributed by atoms with Crippen LogP contribution in [0.2, 0.25) is 5.02 Å². The van der Waals surface area contributed by atoms with Gasteiger partial charge in [-0.2, -0.15) is 0 Å². The summed E-state index contributed by atoms with van der Waals surface area (Å²) in [5.41, 5.74) is 2.87. The summed E-state index contributed by atoms with van der Waals surface area (Å²) in [6, 6.07) is 8.05. The molecule has 0 radical (unpaired) electrons. The number of carbonyl (C=O) groups is 2. The average Bonchev–Trinajstić information content (AvgIpc) is 3.12. The number of aryl methyl sites for hydroxylation is 2. The van der Waals surface area contributed by atoms with E-state index in [1.807, 2.05) is 45.0 Å². The van der Waals surface area contributed by atoms with Gasteiger partial charge in [-0.1, -0.05) is 72.8 Å². The lowest BCUT2D eigenvalue weighted by atomic mass is 10.1. The van der Waals surface area contributed by atoms with Gasteiger partial charge in [-0.05, 0) is 30.9 Å². The number of ether oxygens (including phenoxy) is 1. The van der Waals surface area contributed by atoms with E-state index in [1.165, 1.54) is 23.5 Å². The molecule has 0 unspecified atom stereocenters. The van der Waals surface area contributed by atoms with Crippen LogP contribution in [0.1, 0.15) is 50.8 Å². The van der Waals surface area contributed by atoms with E-state index in [0.717, 1.165) is 16.9 Å². The van der Waals surface area contributed by atoms with E-state index >= 15 is 0 Å². The monoisotopic (exact) mass is 490 g/mol. The first-order valence-electron chi connectivity index (χ1n) is 9.90. The third kappa shape index (κ3) is 6.27. The van der Waals surface area contributed by atoms with Crippen molar-refractivity contribution in [3.8, 4) is 0 Å². The zero-order chi connectivity index (χ0) is 23.3. The van der Waals surface area contributed by atoms with Crippen molar-refractivity contribution in [2.24, 2.45) is 5.92 Å². The zero-order valence-electron chi connectivity index (χ0n) is 18.1. The molecule has 2 heterocycles. The molecule has 0 spiro atoms. The maximum Gasteiger partial charge on any atom is 0.350 e. The second kappa shape index (κ2) is 10.9. The molecule has 3 rings (SSSR count). The fourth-order valence-corrected chi connectivity index (χ4v) is 4.52. The highest BCUT2D eigenvalue weighted by Gasteiger charge is 2.21. The number of esters is 1. The summed E-state index contributed by atoms with van der Waals surface area (Å²) >= 11 is 8.64. The molecule has 1 aromatic carbocycles. The van der Waals surface area contributed by atoms with Crippen LogP contribution >= 0.6 is 34.7 Å². The molecule has 0 atom stereocenters. The molecule has 0 saturated heterocycles. The molecule has 1 N–H and O–H groups in total. The van der Waals surface area contributed by atoms with Crippen LogP contribution in [0.25, 0.3) is 0 Å². The standard InChI is InChI=1S/C22H23ClN4O3S2/c1-12(2)10-30-20(29)18-14(4)25-22(32-18)27-19(28)17-16(23)9-24-21(26-17)31-11-15-8-6-5-7-13(15)3/h5-9,12H,10-11H2,1-4H3,(H,25,27,28). The second-order valence-electron chi connectivity index (χ2n) is 7.44. The Kier molecular flexibility index (Phi) is 8.22. The molecule has 2 aromatic heterocycles. The van der Waals surface area contributed by atoms with Crippen LogP contribution in [0.4, 0.5) is 5.13 Å². The van der Waals surface area contributed by atoms with E-state index in [-0.39, 0.29) is 21.8 Å². The number of hydrogen-bond acceptors (Lipinski definition) is 8. The topological polar surface area (TPSA) is 94.1 Å². The lowest BCUT2D eigenvalue weighted by Crippen LogP contribution is -2.15. The lowest BCUT2D eigenvalue weighted by molar-refractivity contribution is 0.0463. The van der Waals surface area contributed by atoms with Crippen LogP contribution in [0, 0.1) is 19.8 Å². The molecule has 3 aromatic rings. The van der Waals surface area contributed by atoms with Gasteiger partial charge in [-0.25, -0.2) is 19.7 Å². The Bertz CT molecular complexity index is 1130. The first-order chi connectivity index (χ1) is 15.2. The highest BCUT2D eigenvalue weighted by molar-refractivity contribution is 7.98. The number of amides is 1. The van der Waals surface area contributed by atoms with Gasteiger partial charge in [0.15, 0.2) is 16.0 Å². The summed E-state index contributed by atoms with van der Waals surface area (Å²) in [6.45, 7) is 7.96. The van der Waals surface area contributed by atoms with Gasteiger partial charge in [0.25, 0.3) is 5.91 Å². The Hall–Kier alpha value is -2.49. The zero-order valence-corrected chi connectivity index (χ0v) is 20.5. The van der Waals surface area contributed by atoms with Gasteiger partial charge in [0, 0.05) is 5.75 Å². The van der Waals surface area contributed by atoms with E-state index in [4.69, 9.17) is 16.3 Å². The SMILES string of the molecule is Cc1ccccc1CSc1ncc(Cl)c(C(=O)Nc2nc(C)c(C(=O)OCC(C)C)s2)n1. The Balaban J connectivity index is 1.70. The van der Waals surface area contributed by atoms with Crippen molar-refractivity contribution in [1.29, 1.82) is 0 Å². The van der Waals surface area contributed by atoms with Gasteiger partial charge in [-0.3, -0.25) is 10.1 Å². The Morgan fingerprint density at radius 2 is 1.97 bits per heavy atom. The fraction of sp³-hybridized carbons (Fsp3) is 0.318. The van der Waals surface area contributed by atoms with Crippen molar-refractivity contribution < 1.29 is 14.3 Å². The number of nitrogens with one attached hydrogen (secondary N) is 1. The van der Waals surface area contributed by atoms with Gasteiger partial charge < -0.3 is 4.74 Å². The molecule has 0 aliphatic heterocycles. The lowest BCUT2D eigenvalue weighted by Gasteiger charge is -2.07. The molecule has 0 fully saturated rings. The van der Waals surface area contributed by atoms with Gasteiger partial charge in [0.1, 0.15) is 4.88 Å². The van der Waals surface area contributed by atoms with Crippen molar-refractivity contribution in [2.45, 2.75) is 38.6 Å². The van der Waals surface area contributed by atoms with E-state index in [2.05, 4.69) is 20.3 Å². The Labute approximate surface area is 200 Å². The molecule has 32 heavy (non-hydrogen) atoms. The highest BCUT2D eigenvalue weighted by atomic mass is 35.5. The van der Waals surface area contributed by atoms with Gasteiger partial charge in [0.2, 0.25) is 0 Å². The van der Waals surface area contributed by atoms with Gasteiger partial charge in [0.05, 0.1) is 23.5 Å². The first-order valence-corrected chi connectivity index (χ1v) is 12.1. The van der Waals surface area contributed by atoms with Crippen molar-refractivity contribution in [3.63, 3.8) is 0 Å². The quantitative estimate of drug-likeness (QED) is 0.251. The molecular weight excluding hydrogens is 468 g/mol. The van der Waals surface area contributed by atoms with E-state index in [9.17, 15) is 9.59 Å². The molecule has 1 amide bonds. The molecule has 7 nitrogen and oxygen atoms in total. The molecule has 168 valence electrons. The molecule has 0 aliphatic rings. The van der Waals surface area contributed by atoms with Gasteiger partial charge in [-0.15, -0.1) is 0 Å². The highest BCUT2D eigenvalue weighted by Crippen LogP contribution is 2.26. The molecular formula is C22H23ClN4O3S2. The van der Waals surface area contributed by atoms with Crippen molar-refractivity contribution in [2.75, 3.05) is 11.9 Å². The van der Waals surface area contributed by atoms with Crippen LogP contribution in [0.5, 0.6) is 0 Å². The number of carbonyl (C=O) groups excluding carboxylic acids is 2.